The highest BCUT2D eigenvalue weighted by Crippen LogP contribution is 2.35. The lowest BCUT2D eigenvalue weighted by Crippen LogP contribution is -2.31. The van der Waals surface area contributed by atoms with E-state index in [1.54, 1.807) is 39.2 Å². The average molecular weight is 446 g/mol. The lowest BCUT2D eigenvalue weighted by molar-refractivity contribution is 0.0999. The van der Waals surface area contributed by atoms with Gasteiger partial charge in [0.15, 0.2) is 0 Å². The van der Waals surface area contributed by atoms with Gasteiger partial charge in [0.05, 0.1) is 23.3 Å². The minimum atomic E-state index is -3.58. The predicted octanol–water partition coefficient (Wildman–Crippen LogP) is 3.37. The lowest BCUT2D eigenvalue weighted by Gasteiger charge is -2.28. The fourth-order valence-electron chi connectivity index (χ4n) is 4.31. The molecule has 2 aromatic rings. The number of aryl methyl sites for hydroxylation is 3. The van der Waals surface area contributed by atoms with Gasteiger partial charge in [-0.05, 0) is 87.8 Å². The van der Waals surface area contributed by atoms with Crippen molar-refractivity contribution < 1.29 is 17.9 Å². The van der Waals surface area contributed by atoms with E-state index in [1.165, 1.54) is 0 Å². The topological polar surface area (TPSA) is 111 Å². The average Bonchev–Trinajstić information content (AvgIpc) is 2.73. The maximum absolute atomic E-state index is 12.9. The summed E-state index contributed by atoms with van der Waals surface area (Å²) in [4.78, 5) is 16.3. The van der Waals surface area contributed by atoms with Crippen molar-refractivity contribution in [3.05, 3.63) is 52.3 Å². The molecule has 0 atom stereocenters. The molecule has 1 aliphatic rings. The molecule has 1 heterocycles. The zero-order chi connectivity index (χ0) is 22.8. The van der Waals surface area contributed by atoms with Crippen LogP contribution in [-0.2, 0) is 10.0 Å². The molecule has 1 aromatic heterocycles. The van der Waals surface area contributed by atoms with Crippen LogP contribution in [-0.4, -0.2) is 33.0 Å². The van der Waals surface area contributed by atoms with E-state index in [1.807, 2.05) is 13.0 Å². The van der Waals surface area contributed by atoms with Gasteiger partial charge in [-0.1, -0.05) is 0 Å². The highest BCUT2D eigenvalue weighted by Gasteiger charge is 2.26. The third-order valence-corrected chi connectivity index (χ3v) is 7.75. The Balaban J connectivity index is 1.60. The Hall–Kier alpha value is -2.45. The van der Waals surface area contributed by atoms with Gasteiger partial charge in [0.25, 0.3) is 5.91 Å². The number of nitrogens with zero attached hydrogens (tertiary/aromatic N) is 1. The normalized spacial score (nSPS) is 19.2. The van der Waals surface area contributed by atoms with E-state index in [9.17, 15) is 13.2 Å². The summed E-state index contributed by atoms with van der Waals surface area (Å²) in [5.74, 6) is 0.828. The second kappa shape index (κ2) is 9.36. The number of methoxy groups -OCH3 is 1. The monoisotopic (exact) mass is 445 g/mol. The zero-order valence-electron chi connectivity index (χ0n) is 18.6. The molecule has 1 aromatic carbocycles. The number of hydrogen-bond acceptors (Lipinski definition) is 5. The fourth-order valence-corrected chi connectivity index (χ4v) is 5.73. The van der Waals surface area contributed by atoms with Crippen LogP contribution in [0.3, 0.4) is 0 Å². The summed E-state index contributed by atoms with van der Waals surface area (Å²) in [7, 11) is -2.01. The standard InChI is InChI=1S/C23H31N3O4S/c1-14-12-22(15(2)11-21(14)30-4)31(28,29)25-13-17-5-7-18(8-6-17)20-10-9-19(23(24)27)16(3)26-20/h9-12,17-18,25H,5-8,13H2,1-4H3,(H2,24,27). The number of carbonyl (C=O) groups excluding carboxylic acids is 1. The first-order chi connectivity index (χ1) is 14.6. The summed E-state index contributed by atoms with van der Waals surface area (Å²) in [6.45, 7) is 5.84. The van der Waals surface area contributed by atoms with Crippen molar-refractivity contribution in [2.45, 2.75) is 57.3 Å². The van der Waals surface area contributed by atoms with Crippen molar-refractivity contribution in [3.63, 3.8) is 0 Å². The molecular formula is C23H31N3O4S. The summed E-state index contributed by atoms with van der Waals surface area (Å²) >= 11 is 0. The van der Waals surface area contributed by atoms with Crippen molar-refractivity contribution >= 4 is 15.9 Å². The van der Waals surface area contributed by atoms with Crippen LogP contribution in [0.1, 0.15) is 64.5 Å². The highest BCUT2D eigenvalue weighted by molar-refractivity contribution is 7.89. The van der Waals surface area contributed by atoms with Crippen LogP contribution in [0.25, 0.3) is 0 Å². The largest absolute Gasteiger partial charge is 0.496 e. The van der Waals surface area contributed by atoms with E-state index in [0.29, 0.717) is 39.9 Å². The van der Waals surface area contributed by atoms with Gasteiger partial charge in [-0.15, -0.1) is 0 Å². The molecule has 1 amide bonds. The summed E-state index contributed by atoms with van der Waals surface area (Å²) in [5.41, 5.74) is 8.91. The van der Waals surface area contributed by atoms with Gasteiger partial charge in [-0.3, -0.25) is 9.78 Å². The Kier molecular flexibility index (Phi) is 7.01. The van der Waals surface area contributed by atoms with Gasteiger partial charge in [0, 0.05) is 18.2 Å². The molecule has 7 nitrogen and oxygen atoms in total. The second-order valence-corrected chi connectivity index (χ2v) is 10.1. The van der Waals surface area contributed by atoms with Gasteiger partial charge in [-0.2, -0.15) is 0 Å². The van der Waals surface area contributed by atoms with E-state index in [2.05, 4.69) is 9.71 Å². The van der Waals surface area contributed by atoms with Gasteiger partial charge >= 0.3 is 0 Å². The Bertz CT molecular complexity index is 1070. The summed E-state index contributed by atoms with van der Waals surface area (Å²) in [6.07, 6.45) is 3.73. The van der Waals surface area contributed by atoms with Crippen LogP contribution in [0.4, 0.5) is 0 Å². The van der Waals surface area contributed by atoms with E-state index in [-0.39, 0.29) is 5.92 Å². The SMILES string of the molecule is COc1cc(C)c(S(=O)(=O)NCC2CCC(c3ccc(C(N)=O)c(C)n3)CC2)cc1C. The number of benzene rings is 1. The number of sulfonamides is 1. The van der Waals surface area contributed by atoms with E-state index in [0.717, 1.165) is 36.9 Å². The molecule has 0 bridgehead atoms. The van der Waals surface area contributed by atoms with Crippen molar-refractivity contribution in [2.75, 3.05) is 13.7 Å². The number of aromatic nitrogens is 1. The fraction of sp³-hybridized carbons (Fsp3) is 0.478. The van der Waals surface area contributed by atoms with Crippen molar-refractivity contribution in [1.29, 1.82) is 0 Å². The molecule has 31 heavy (non-hydrogen) atoms. The van der Waals surface area contributed by atoms with Crippen LogP contribution in [0, 0.1) is 26.7 Å². The molecule has 1 saturated carbocycles. The molecule has 0 unspecified atom stereocenters. The molecule has 1 aliphatic carbocycles. The number of ether oxygens (including phenoxy) is 1. The summed E-state index contributed by atoms with van der Waals surface area (Å²) in [5, 5.41) is 0. The molecule has 168 valence electrons. The Labute approximate surface area is 184 Å². The summed E-state index contributed by atoms with van der Waals surface area (Å²) < 4.78 is 33.8. The first-order valence-electron chi connectivity index (χ1n) is 10.5. The van der Waals surface area contributed by atoms with Gasteiger partial charge in [0.2, 0.25) is 10.0 Å². The number of primary amides is 1. The molecule has 3 N–H and O–H groups in total. The first kappa shape index (κ1) is 23.2. The predicted molar refractivity (Wildman–Crippen MR) is 120 cm³/mol. The minimum absolute atomic E-state index is 0.289. The molecule has 3 rings (SSSR count). The van der Waals surface area contributed by atoms with Gasteiger partial charge in [-0.25, -0.2) is 13.1 Å². The van der Waals surface area contributed by atoms with Crippen molar-refractivity contribution in [2.24, 2.45) is 11.7 Å². The maximum Gasteiger partial charge on any atom is 0.250 e. The Morgan fingerprint density at radius 1 is 1.13 bits per heavy atom. The van der Waals surface area contributed by atoms with E-state index >= 15 is 0 Å². The number of carbonyl (C=O) groups is 1. The van der Waals surface area contributed by atoms with Crippen LogP contribution in [0.2, 0.25) is 0 Å². The Morgan fingerprint density at radius 2 is 1.81 bits per heavy atom. The second-order valence-electron chi connectivity index (χ2n) is 8.39. The maximum atomic E-state index is 12.9. The quantitative estimate of drug-likeness (QED) is 0.679. The first-order valence-corrected chi connectivity index (χ1v) is 12.0. The van der Waals surface area contributed by atoms with Crippen LogP contribution >= 0.6 is 0 Å². The third-order valence-electron chi connectivity index (χ3n) is 6.18. The van der Waals surface area contributed by atoms with Gasteiger partial charge < -0.3 is 10.5 Å². The number of nitrogens with one attached hydrogen (secondary N) is 1. The summed E-state index contributed by atoms with van der Waals surface area (Å²) in [6, 6.07) is 7.06. The minimum Gasteiger partial charge on any atom is -0.496 e. The van der Waals surface area contributed by atoms with Crippen LogP contribution < -0.4 is 15.2 Å². The number of pyridine rings is 1. The number of hydrogen-bond donors (Lipinski definition) is 2. The number of nitrogens with two attached hydrogens (primary N) is 1. The zero-order valence-corrected chi connectivity index (χ0v) is 19.4. The molecule has 8 heteroatoms. The number of amides is 1. The number of rotatable bonds is 7. The molecule has 0 aliphatic heterocycles. The third kappa shape index (κ3) is 5.25. The lowest BCUT2D eigenvalue weighted by atomic mass is 9.80. The molecule has 0 saturated heterocycles. The Morgan fingerprint density at radius 3 is 2.39 bits per heavy atom. The van der Waals surface area contributed by atoms with Crippen molar-refractivity contribution in [3.8, 4) is 5.75 Å². The molecular weight excluding hydrogens is 414 g/mol. The molecule has 0 spiro atoms. The molecule has 1 fully saturated rings. The highest BCUT2D eigenvalue weighted by atomic mass is 32.2. The van der Waals surface area contributed by atoms with Crippen LogP contribution in [0.15, 0.2) is 29.2 Å². The van der Waals surface area contributed by atoms with Gasteiger partial charge in [0.1, 0.15) is 5.75 Å². The van der Waals surface area contributed by atoms with E-state index in [4.69, 9.17) is 10.5 Å². The van der Waals surface area contributed by atoms with Crippen molar-refractivity contribution in [1.82, 2.24) is 9.71 Å². The van der Waals surface area contributed by atoms with E-state index < -0.39 is 15.9 Å². The molecule has 0 radical (unpaired) electrons. The van der Waals surface area contributed by atoms with Crippen LogP contribution in [0.5, 0.6) is 5.75 Å². The smallest absolute Gasteiger partial charge is 0.250 e.